The number of aromatic amines is 1. The van der Waals surface area contributed by atoms with E-state index in [0.717, 1.165) is 11.1 Å². The summed E-state index contributed by atoms with van der Waals surface area (Å²) in [5, 5.41) is 14.8. The number of H-pyrrole nitrogens is 1. The van der Waals surface area contributed by atoms with Crippen LogP contribution in [0.5, 0.6) is 0 Å². The van der Waals surface area contributed by atoms with Crippen LogP contribution in [0.3, 0.4) is 0 Å². The highest BCUT2D eigenvalue weighted by molar-refractivity contribution is 5.99. The first-order chi connectivity index (χ1) is 12.3. The van der Waals surface area contributed by atoms with Crippen molar-refractivity contribution in [2.75, 3.05) is 14.2 Å². The van der Waals surface area contributed by atoms with Crippen LogP contribution in [0.15, 0.2) is 34.0 Å². The van der Waals surface area contributed by atoms with Crippen molar-refractivity contribution in [3.05, 3.63) is 46.9 Å². The maximum Gasteiger partial charge on any atom is 0.277 e. The van der Waals surface area contributed by atoms with Gasteiger partial charge in [0.1, 0.15) is 11.0 Å². The summed E-state index contributed by atoms with van der Waals surface area (Å²) in [5.41, 5.74) is 3.36. The molecule has 3 aromatic rings. The maximum atomic E-state index is 7.76. The molecule has 4 rings (SSSR count). The fourth-order valence-electron chi connectivity index (χ4n) is 3.23. The Hall–Kier alpha value is -3.09. The number of nitrogens with one attached hydrogen (secondary N) is 1. The molecule has 0 fully saturated rings. The number of rotatable bonds is 4. The number of hydrogen-bond donors (Lipinski definition) is 1. The van der Waals surface area contributed by atoms with Gasteiger partial charge >= 0.3 is 0 Å². The van der Waals surface area contributed by atoms with Gasteiger partial charge in [-0.2, -0.15) is 5.10 Å². The Labute approximate surface area is 142 Å². The van der Waals surface area contributed by atoms with Gasteiger partial charge in [0.2, 0.25) is 6.29 Å². The maximum absolute atomic E-state index is 7.76. The van der Waals surface area contributed by atoms with Crippen LogP contribution in [-0.2, 0) is 9.47 Å². The molecule has 1 aliphatic heterocycles. The highest BCUT2D eigenvalue weighted by Crippen LogP contribution is 2.41. The molecule has 0 amide bonds. The van der Waals surface area contributed by atoms with Gasteiger partial charge in [0.05, 0.1) is 12.1 Å². The summed E-state index contributed by atoms with van der Waals surface area (Å²) in [6.45, 7) is 7.76. The zero-order valence-electron chi connectivity index (χ0n) is 13.5. The molecular weight excluding hydrogens is 324 g/mol. The number of aromatic nitrogens is 4. The van der Waals surface area contributed by atoms with Crippen molar-refractivity contribution in [1.29, 1.82) is 0 Å². The molecule has 0 spiro atoms. The molecule has 9 nitrogen and oxygen atoms in total. The van der Waals surface area contributed by atoms with Crippen molar-refractivity contribution in [3.63, 3.8) is 0 Å². The first kappa shape index (κ1) is 15.4. The second kappa shape index (κ2) is 6.08. The van der Waals surface area contributed by atoms with Gasteiger partial charge in [0.15, 0.2) is 11.5 Å². The summed E-state index contributed by atoms with van der Waals surface area (Å²) in [5.74, 6) is 0.231. The lowest BCUT2D eigenvalue weighted by atomic mass is 9.81. The molecule has 2 atom stereocenters. The average Bonchev–Trinajstić information content (AvgIpc) is 3.30. The van der Waals surface area contributed by atoms with E-state index in [9.17, 15) is 0 Å². The summed E-state index contributed by atoms with van der Waals surface area (Å²) in [4.78, 5) is 8.33. The zero-order valence-corrected chi connectivity index (χ0v) is 13.5. The van der Waals surface area contributed by atoms with Gasteiger partial charge in [0, 0.05) is 19.8 Å². The van der Waals surface area contributed by atoms with E-state index in [4.69, 9.17) is 20.7 Å². The van der Waals surface area contributed by atoms with E-state index >= 15 is 0 Å². The van der Waals surface area contributed by atoms with Crippen molar-refractivity contribution >= 4 is 22.6 Å². The Bertz CT molecular complexity index is 981. The van der Waals surface area contributed by atoms with Crippen LogP contribution >= 0.6 is 0 Å². The first-order valence-corrected chi connectivity index (χ1v) is 7.53. The van der Waals surface area contributed by atoms with Gasteiger partial charge in [-0.25, -0.2) is 16.2 Å². The molecule has 2 unspecified atom stereocenters. The van der Waals surface area contributed by atoms with Gasteiger partial charge in [0.25, 0.3) is 6.04 Å². The van der Waals surface area contributed by atoms with Crippen LogP contribution < -0.4 is 0 Å². The summed E-state index contributed by atoms with van der Waals surface area (Å²) < 4.78 is 15.6. The van der Waals surface area contributed by atoms with Gasteiger partial charge < -0.3 is 14.3 Å². The Kier molecular flexibility index (Phi) is 3.76. The number of aliphatic imine (C=N–C) groups is 1. The van der Waals surface area contributed by atoms with Crippen molar-refractivity contribution in [3.8, 4) is 0 Å². The van der Waals surface area contributed by atoms with E-state index in [1.54, 1.807) is 6.20 Å². The number of hydrogen-bond acceptors (Lipinski definition) is 7. The predicted molar refractivity (Wildman–Crippen MR) is 87.5 cm³/mol. The standard InChI is InChI=1S/C16H14N6O3/c1-17-13-11(8-5-4-6-10-12(8)22-25-21-10)9-7-18-20-15(9)19-14(13)16(23-2)24-3/h4-7,11,13,16H,2-3H3,(H,18,20). The Morgan fingerprint density at radius 3 is 2.84 bits per heavy atom. The molecule has 0 aliphatic carbocycles. The minimum atomic E-state index is -0.729. The van der Waals surface area contributed by atoms with Crippen LogP contribution in [0, 0.1) is 6.57 Å². The number of methoxy groups -OCH3 is 2. The summed E-state index contributed by atoms with van der Waals surface area (Å²) in [7, 11) is 3.02. The molecule has 126 valence electrons. The molecule has 0 saturated carbocycles. The molecule has 0 saturated heterocycles. The first-order valence-electron chi connectivity index (χ1n) is 7.53. The summed E-state index contributed by atoms with van der Waals surface area (Å²) >= 11 is 0. The van der Waals surface area contributed by atoms with Crippen molar-refractivity contribution in [2.24, 2.45) is 4.99 Å². The second-order valence-corrected chi connectivity index (χ2v) is 5.54. The normalized spacial score (nSPS) is 19.7. The molecule has 1 N–H and O–H groups in total. The lowest BCUT2D eigenvalue weighted by molar-refractivity contribution is -0.0535. The Morgan fingerprint density at radius 2 is 2.08 bits per heavy atom. The van der Waals surface area contributed by atoms with E-state index in [1.165, 1.54) is 14.2 Å². The SMILES string of the molecule is [C-]#[N+]C1C(C(OC)OC)=Nc2[nH]ncc2C1c1cccc2nonc12. The minimum Gasteiger partial charge on any atom is -0.350 e. The third-order valence-electron chi connectivity index (χ3n) is 4.30. The van der Waals surface area contributed by atoms with E-state index in [0.29, 0.717) is 22.6 Å². The largest absolute Gasteiger partial charge is 0.350 e. The fraction of sp³-hybridized carbons (Fsp3) is 0.312. The van der Waals surface area contributed by atoms with Gasteiger partial charge in [-0.05, 0) is 21.9 Å². The van der Waals surface area contributed by atoms with Crippen molar-refractivity contribution in [1.82, 2.24) is 20.5 Å². The number of ether oxygens (including phenoxy) is 2. The van der Waals surface area contributed by atoms with Crippen LogP contribution in [-0.4, -0.2) is 52.8 Å². The lowest BCUT2D eigenvalue weighted by Gasteiger charge is -2.26. The van der Waals surface area contributed by atoms with Crippen LogP contribution in [0.25, 0.3) is 15.9 Å². The summed E-state index contributed by atoms with van der Waals surface area (Å²) in [6.07, 6.45) is 0.951. The molecule has 0 bridgehead atoms. The quantitative estimate of drug-likeness (QED) is 0.577. The monoisotopic (exact) mass is 338 g/mol. The van der Waals surface area contributed by atoms with Crippen LogP contribution in [0.1, 0.15) is 17.0 Å². The van der Waals surface area contributed by atoms with E-state index in [2.05, 4.69) is 30.3 Å². The molecule has 3 heterocycles. The van der Waals surface area contributed by atoms with Gasteiger partial charge in [-0.15, -0.1) is 0 Å². The highest BCUT2D eigenvalue weighted by Gasteiger charge is 2.44. The Balaban J connectivity index is 1.94. The summed E-state index contributed by atoms with van der Waals surface area (Å²) in [6, 6.07) is 4.95. The van der Waals surface area contributed by atoms with E-state index in [-0.39, 0.29) is 5.92 Å². The molecule has 1 aliphatic rings. The van der Waals surface area contributed by atoms with Gasteiger partial charge in [-0.3, -0.25) is 5.10 Å². The molecule has 25 heavy (non-hydrogen) atoms. The van der Waals surface area contributed by atoms with E-state index in [1.807, 2.05) is 18.2 Å². The number of nitrogens with zero attached hydrogens (tertiary/aromatic N) is 5. The van der Waals surface area contributed by atoms with Crippen molar-refractivity contribution in [2.45, 2.75) is 18.2 Å². The smallest absolute Gasteiger partial charge is 0.277 e. The topological polar surface area (TPSA) is 103 Å². The average molecular weight is 338 g/mol. The highest BCUT2D eigenvalue weighted by atomic mass is 16.7. The fourth-order valence-corrected chi connectivity index (χ4v) is 3.23. The molecule has 1 aromatic carbocycles. The molecule has 0 radical (unpaired) electrons. The predicted octanol–water partition coefficient (Wildman–Crippen LogP) is 2.07. The third kappa shape index (κ3) is 2.31. The number of fused-ring (bicyclic) bond motifs is 2. The van der Waals surface area contributed by atoms with Crippen molar-refractivity contribution < 1.29 is 14.1 Å². The van der Waals surface area contributed by atoms with E-state index < -0.39 is 12.3 Å². The minimum absolute atomic E-state index is 0.345. The van der Waals surface area contributed by atoms with Crippen LogP contribution in [0.2, 0.25) is 0 Å². The third-order valence-corrected chi connectivity index (χ3v) is 4.30. The zero-order chi connectivity index (χ0) is 17.4. The van der Waals surface area contributed by atoms with Gasteiger partial charge in [-0.1, -0.05) is 12.1 Å². The second-order valence-electron chi connectivity index (χ2n) is 5.54. The number of benzene rings is 1. The molecule has 2 aromatic heterocycles. The lowest BCUT2D eigenvalue weighted by Crippen LogP contribution is -2.39. The van der Waals surface area contributed by atoms with Crippen LogP contribution in [0.4, 0.5) is 5.82 Å². The molecular formula is C16H14N6O3. The Morgan fingerprint density at radius 1 is 1.24 bits per heavy atom. The molecule has 9 heteroatoms.